The van der Waals surface area contributed by atoms with Crippen molar-refractivity contribution in [3.8, 4) is 0 Å². The summed E-state index contributed by atoms with van der Waals surface area (Å²) in [6.45, 7) is 6.00. The van der Waals surface area contributed by atoms with Crippen LogP contribution in [0.4, 0.5) is 0 Å². The van der Waals surface area contributed by atoms with E-state index >= 15 is 0 Å². The first-order valence-electron chi connectivity index (χ1n) is 20.0. The first-order chi connectivity index (χ1) is 24.7. The van der Waals surface area contributed by atoms with E-state index in [-0.39, 0.29) is 31.8 Å². The molecule has 0 radical (unpaired) electrons. The Kier molecular flexibility index (Phi) is 34.1. The average Bonchev–Trinajstić information content (AvgIpc) is 3.10. The molecule has 0 saturated heterocycles. The molecule has 4 N–H and O–H groups in total. The zero-order chi connectivity index (χ0) is 37.8. The molecule has 0 aliphatic heterocycles. The Labute approximate surface area is 310 Å². The first kappa shape index (κ1) is 48.5. The molecule has 4 atom stereocenters. The molecule has 294 valence electrons. The zero-order valence-electron chi connectivity index (χ0n) is 32.3. The van der Waals surface area contributed by atoms with Crippen LogP contribution in [0.5, 0.6) is 0 Å². The van der Waals surface area contributed by atoms with E-state index in [1.54, 1.807) is 42.5 Å². The quantitative estimate of drug-likeness (QED) is 0.0224. The van der Waals surface area contributed by atoms with Gasteiger partial charge in [-0.1, -0.05) is 171 Å². The van der Waals surface area contributed by atoms with Crippen LogP contribution in [-0.4, -0.2) is 70.0 Å². The fourth-order valence-electron chi connectivity index (χ4n) is 5.43. The number of rotatable bonds is 34. The van der Waals surface area contributed by atoms with Crippen molar-refractivity contribution in [1.29, 1.82) is 0 Å². The smallest absolute Gasteiger partial charge is 0.306 e. The van der Waals surface area contributed by atoms with Gasteiger partial charge in [-0.25, -0.2) is 0 Å². The van der Waals surface area contributed by atoms with Crippen LogP contribution in [0.3, 0.4) is 0 Å². The lowest BCUT2D eigenvalue weighted by atomic mass is 10.0. The van der Waals surface area contributed by atoms with E-state index in [0.29, 0.717) is 12.8 Å². The zero-order valence-corrected chi connectivity index (χ0v) is 32.3. The standard InChI is InChI=1S/C43H74O8/c1-4-5-22-29-38(45)30-24-19-16-17-20-25-31-40(46)41(47)32-27-34-43(49)51-39(35-44)36-50-42(48)33-26-21-15-13-11-9-7-6-8-10-12-14-18-23-28-37(2)3/h5,16-17,19-20,22,24-25,30-31,37-41,44-47H,4,6-15,18,21,23,26-29,32-36H2,1-3H3/b19-16+,20-17-,22-5-,30-24+,31-25-/t38-,39-,40+,41+/m0/s1. The number of carbonyl (C=O) groups excluding carboxylic acids is 2. The number of aliphatic hydroxyl groups excluding tert-OH is 4. The third kappa shape index (κ3) is 34.3. The Hall–Kier alpha value is -2.52. The van der Waals surface area contributed by atoms with Crippen molar-refractivity contribution < 1.29 is 39.5 Å². The SMILES string of the molecule is CC/C=C\C[C@H](O)/C=C/C=C/C=C\C=C/[C@@H](O)[C@H](O)CCCC(=O)O[C@@H](CO)COC(=O)CCCCCCCCCCCCCCCCC(C)C. The highest BCUT2D eigenvalue weighted by atomic mass is 16.6. The van der Waals surface area contributed by atoms with Crippen molar-refractivity contribution >= 4 is 11.9 Å². The van der Waals surface area contributed by atoms with Crippen LogP contribution in [0.15, 0.2) is 60.8 Å². The maximum absolute atomic E-state index is 12.2. The molecule has 51 heavy (non-hydrogen) atoms. The Morgan fingerprint density at radius 1 is 0.608 bits per heavy atom. The lowest BCUT2D eigenvalue weighted by molar-refractivity contribution is -0.161. The summed E-state index contributed by atoms with van der Waals surface area (Å²) in [7, 11) is 0. The molecule has 8 heteroatoms. The summed E-state index contributed by atoms with van der Waals surface area (Å²) in [4.78, 5) is 24.3. The Morgan fingerprint density at radius 2 is 1.12 bits per heavy atom. The number of carbonyl (C=O) groups is 2. The summed E-state index contributed by atoms with van der Waals surface area (Å²) in [5.41, 5.74) is 0. The molecule has 0 aromatic heterocycles. The van der Waals surface area contributed by atoms with E-state index in [4.69, 9.17) is 9.47 Å². The van der Waals surface area contributed by atoms with Gasteiger partial charge < -0.3 is 29.9 Å². The van der Waals surface area contributed by atoms with Crippen LogP contribution in [0.2, 0.25) is 0 Å². The molecule has 0 fully saturated rings. The molecule has 0 aliphatic carbocycles. The van der Waals surface area contributed by atoms with Crippen molar-refractivity contribution in [3.05, 3.63) is 60.8 Å². The van der Waals surface area contributed by atoms with Gasteiger partial charge in [0.25, 0.3) is 0 Å². The molecule has 0 unspecified atom stereocenters. The molecule has 0 aromatic carbocycles. The lowest BCUT2D eigenvalue weighted by Gasteiger charge is -2.17. The molecule has 8 nitrogen and oxygen atoms in total. The van der Waals surface area contributed by atoms with E-state index < -0.39 is 37.0 Å². The highest BCUT2D eigenvalue weighted by molar-refractivity contribution is 5.70. The molecule has 0 spiro atoms. The van der Waals surface area contributed by atoms with Gasteiger partial charge in [0.15, 0.2) is 6.10 Å². The van der Waals surface area contributed by atoms with Gasteiger partial charge in [0.05, 0.1) is 24.9 Å². The van der Waals surface area contributed by atoms with Crippen LogP contribution in [0, 0.1) is 5.92 Å². The maximum Gasteiger partial charge on any atom is 0.306 e. The van der Waals surface area contributed by atoms with Gasteiger partial charge in [0.1, 0.15) is 6.61 Å². The number of ether oxygens (including phenoxy) is 2. The summed E-state index contributed by atoms with van der Waals surface area (Å²) in [5, 5.41) is 39.7. The molecule has 0 amide bonds. The topological polar surface area (TPSA) is 134 Å². The Balaban J connectivity index is 3.89. The molecule has 0 aliphatic rings. The second-order valence-corrected chi connectivity index (χ2v) is 14.0. The Bertz CT molecular complexity index is 967. The predicted octanol–water partition coefficient (Wildman–Crippen LogP) is 9.17. The number of esters is 2. The molecule has 0 heterocycles. The Morgan fingerprint density at radius 3 is 1.67 bits per heavy atom. The van der Waals surface area contributed by atoms with Crippen LogP contribution >= 0.6 is 0 Å². The highest BCUT2D eigenvalue weighted by Crippen LogP contribution is 2.15. The predicted molar refractivity (Wildman–Crippen MR) is 209 cm³/mol. The largest absolute Gasteiger partial charge is 0.462 e. The van der Waals surface area contributed by atoms with Gasteiger partial charge in [0.2, 0.25) is 0 Å². The molecular formula is C43H74O8. The van der Waals surface area contributed by atoms with Crippen molar-refractivity contribution in [2.75, 3.05) is 13.2 Å². The lowest BCUT2D eigenvalue weighted by Crippen LogP contribution is -2.29. The van der Waals surface area contributed by atoms with Crippen LogP contribution in [-0.2, 0) is 19.1 Å². The van der Waals surface area contributed by atoms with Crippen molar-refractivity contribution in [1.82, 2.24) is 0 Å². The second kappa shape index (κ2) is 35.9. The van der Waals surface area contributed by atoms with Gasteiger partial charge in [-0.2, -0.15) is 0 Å². The van der Waals surface area contributed by atoms with Gasteiger partial charge in [-0.05, 0) is 38.0 Å². The van der Waals surface area contributed by atoms with E-state index in [2.05, 4.69) is 13.8 Å². The van der Waals surface area contributed by atoms with Crippen LogP contribution < -0.4 is 0 Å². The van der Waals surface area contributed by atoms with Crippen molar-refractivity contribution in [2.24, 2.45) is 5.92 Å². The minimum atomic E-state index is -1.09. The molecule has 0 aromatic rings. The number of unbranched alkanes of at least 4 members (excludes halogenated alkanes) is 13. The number of hydrogen-bond donors (Lipinski definition) is 4. The fourth-order valence-corrected chi connectivity index (χ4v) is 5.43. The molecule has 0 rings (SSSR count). The number of aliphatic hydroxyl groups is 4. The highest BCUT2D eigenvalue weighted by Gasteiger charge is 2.18. The molecular weight excluding hydrogens is 644 g/mol. The first-order valence-corrected chi connectivity index (χ1v) is 20.0. The van der Waals surface area contributed by atoms with Crippen LogP contribution in [0.1, 0.15) is 156 Å². The van der Waals surface area contributed by atoms with Gasteiger partial charge in [-0.3, -0.25) is 9.59 Å². The molecule has 0 bridgehead atoms. The number of hydrogen-bond acceptors (Lipinski definition) is 8. The summed E-state index contributed by atoms with van der Waals surface area (Å²) in [6.07, 6.45) is 35.2. The van der Waals surface area contributed by atoms with Crippen LogP contribution in [0.25, 0.3) is 0 Å². The monoisotopic (exact) mass is 719 g/mol. The number of allylic oxidation sites excluding steroid dienone is 7. The minimum absolute atomic E-state index is 0.00156. The van der Waals surface area contributed by atoms with Gasteiger partial charge in [0, 0.05) is 12.8 Å². The van der Waals surface area contributed by atoms with Crippen molar-refractivity contribution in [2.45, 2.75) is 180 Å². The summed E-state index contributed by atoms with van der Waals surface area (Å²) < 4.78 is 10.4. The van der Waals surface area contributed by atoms with Crippen molar-refractivity contribution in [3.63, 3.8) is 0 Å². The third-order valence-corrected chi connectivity index (χ3v) is 8.60. The van der Waals surface area contributed by atoms with Gasteiger partial charge >= 0.3 is 11.9 Å². The molecule has 0 saturated carbocycles. The summed E-state index contributed by atoms with van der Waals surface area (Å²) >= 11 is 0. The fraction of sp³-hybridized carbons (Fsp3) is 0.721. The normalized spacial score (nSPS) is 14.8. The maximum atomic E-state index is 12.2. The van der Waals surface area contributed by atoms with Gasteiger partial charge in [-0.15, -0.1) is 0 Å². The second-order valence-electron chi connectivity index (χ2n) is 14.0. The van der Waals surface area contributed by atoms with E-state index in [9.17, 15) is 30.0 Å². The minimum Gasteiger partial charge on any atom is -0.462 e. The van der Waals surface area contributed by atoms with E-state index in [1.807, 2.05) is 19.1 Å². The van der Waals surface area contributed by atoms with E-state index in [1.165, 1.54) is 83.1 Å². The summed E-state index contributed by atoms with van der Waals surface area (Å²) in [5.74, 6) is -0.0917. The average molecular weight is 719 g/mol. The van der Waals surface area contributed by atoms with E-state index in [0.717, 1.165) is 31.6 Å². The third-order valence-electron chi connectivity index (χ3n) is 8.60. The summed E-state index contributed by atoms with van der Waals surface area (Å²) in [6, 6.07) is 0.